The SMILES string of the molecule is CC(C)(C)OC(=O)NCC(N)C1CC2CCC1C2. The fourth-order valence-corrected chi connectivity index (χ4v) is 3.49. The lowest BCUT2D eigenvalue weighted by Gasteiger charge is -2.28. The monoisotopic (exact) mass is 254 g/mol. The summed E-state index contributed by atoms with van der Waals surface area (Å²) in [5.41, 5.74) is 5.76. The average Bonchev–Trinajstić information content (AvgIpc) is 2.84. The Bertz CT molecular complexity index is 311. The molecule has 2 rings (SSSR count). The average molecular weight is 254 g/mol. The first kappa shape index (κ1) is 13.7. The second-order valence-electron chi connectivity index (χ2n) is 6.89. The third-order valence-electron chi connectivity index (χ3n) is 4.22. The van der Waals surface area contributed by atoms with Crippen molar-refractivity contribution in [3.63, 3.8) is 0 Å². The van der Waals surface area contributed by atoms with Crippen molar-refractivity contribution in [2.75, 3.05) is 6.54 Å². The van der Waals surface area contributed by atoms with E-state index in [1.54, 1.807) is 0 Å². The number of amides is 1. The Morgan fingerprint density at radius 3 is 2.61 bits per heavy atom. The second kappa shape index (κ2) is 5.08. The summed E-state index contributed by atoms with van der Waals surface area (Å²) in [5, 5.41) is 2.79. The first-order valence-corrected chi connectivity index (χ1v) is 7.07. The molecular formula is C14H26N2O2. The number of ether oxygens (including phenoxy) is 1. The van der Waals surface area contributed by atoms with Crippen LogP contribution >= 0.6 is 0 Å². The molecule has 0 aromatic rings. The van der Waals surface area contributed by atoms with Gasteiger partial charge in [0, 0.05) is 12.6 Å². The molecule has 3 N–H and O–H groups in total. The Balaban J connectivity index is 1.72. The molecule has 0 aromatic carbocycles. The molecule has 0 saturated heterocycles. The van der Waals surface area contributed by atoms with Crippen LogP contribution in [0.25, 0.3) is 0 Å². The largest absolute Gasteiger partial charge is 0.444 e. The third-order valence-corrected chi connectivity index (χ3v) is 4.22. The fraction of sp³-hybridized carbons (Fsp3) is 0.929. The van der Waals surface area contributed by atoms with Gasteiger partial charge in [-0.25, -0.2) is 4.79 Å². The van der Waals surface area contributed by atoms with Crippen LogP contribution in [0.2, 0.25) is 0 Å². The van der Waals surface area contributed by atoms with Crippen LogP contribution in [0.5, 0.6) is 0 Å². The Labute approximate surface area is 110 Å². The van der Waals surface area contributed by atoms with Crippen molar-refractivity contribution in [1.29, 1.82) is 0 Å². The van der Waals surface area contributed by atoms with Gasteiger partial charge in [0.25, 0.3) is 0 Å². The molecule has 0 aliphatic heterocycles. The Morgan fingerprint density at radius 1 is 1.39 bits per heavy atom. The van der Waals surface area contributed by atoms with Crippen molar-refractivity contribution < 1.29 is 9.53 Å². The van der Waals surface area contributed by atoms with E-state index in [4.69, 9.17) is 10.5 Å². The van der Waals surface area contributed by atoms with Gasteiger partial charge in [-0.05, 0) is 57.8 Å². The Kier molecular flexibility index (Phi) is 3.85. The maximum absolute atomic E-state index is 11.5. The van der Waals surface area contributed by atoms with Gasteiger partial charge >= 0.3 is 6.09 Å². The molecule has 2 bridgehead atoms. The van der Waals surface area contributed by atoms with E-state index < -0.39 is 5.60 Å². The molecule has 0 aromatic heterocycles. The van der Waals surface area contributed by atoms with E-state index in [1.807, 2.05) is 20.8 Å². The zero-order valence-corrected chi connectivity index (χ0v) is 11.7. The van der Waals surface area contributed by atoms with Gasteiger partial charge in [-0.2, -0.15) is 0 Å². The smallest absolute Gasteiger partial charge is 0.407 e. The predicted molar refractivity (Wildman–Crippen MR) is 71.2 cm³/mol. The van der Waals surface area contributed by atoms with E-state index in [-0.39, 0.29) is 12.1 Å². The Morgan fingerprint density at radius 2 is 2.11 bits per heavy atom. The van der Waals surface area contributed by atoms with Crippen LogP contribution in [0.1, 0.15) is 46.5 Å². The van der Waals surface area contributed by atoms with Gasteiger partial charge in [0.05, 0.1) is 0 Å². The van der Waals surface area contributed by atoms with Crippen molar-refractivity contribution in [1.82, 2.24) is 5.32 Å². The number of nitrogens with two attached hydrogens (primary N) is 1. The van der Waals surface area contributed by atoms with E-state index in [9.17, 15) is 4.79 Å². The fourth-order valence-electron chi connectivity index (χ4n) is 3.49. The maximum atomic E-state index is 11.5. The van der Waals surface area contributed by atoms with Gasteiger partial charge in [0.2, 0.25) is 0 Å². The quantitative estimate of drug-likeness (QED) is 0.812. The minimum atomic E-state index is -0.444. The molecule has 0 heterocycles. The van der Waals surface area contributed by atoms with Crippen molar-refractivity contribution >= 4 is 6.09 Å². The standard InChI is InChI=1S/C14H26N2O2/c1-14(2,3)18-13(17)16-8-12(15)11-7-9-4-5-10(11)6-9/h9-12H,4-8,15H2,1-3H3,(H,16,17). The summed E-state index contributed by atoms with van der Waals surface area (Å²) in [4.78, 5) is 11.5. The van der Waals surface area contributed by atoms with E-state index in [0.29, 0.717) is 12.5 Å². The van der Waals surface area contributed by atoms with E-state index in [2.05, 4.69) is 5.32 Å². The van der Waals surface area contributed by atoms with Crippen LogP contribution in [0.15, 0.2) is 0 Å². The number of carbonyl (C=O) groups is 1. The van der Waals surface area contributed by atoms with Gasteiger partial charge in [0.1, 0.15) is 5.60 Å². The summed E-state index contributed by atoms with van der Waals surface area (Å²) in [6.45, 7) is 6.12. The van der Waals surface area contributed by atoms with E-state index in [1.165, 1.54) is 25.7 Å². The van der Waals surface area contributed by atoms with Crippen LogP contribution in [0.3, 0.4) is 0 Å². The van der Waals surface area contributed by atoms with Crippen LogP contribution in [-0.2, 0) is 4.74 Å². The minimum Gasteiger partial charge on any atom is -0.444 e. The van der Waals surface area contributed by atoms with E-state index >= 15 is 0 Å². The number of fused-ring (bicyclic) bond motifs is 2. The molecule has 4 nitrogen and oxygen atoms in total. The summed E-state index contributed by atoms with van der Waals surface area (Å²) >= 11 is 0. The molecule has 0 radical (unpaired) electrons. The van der Waals surface area contributed by atoms with Gasteiger partial charge in [-0.15, -0.1) is 0 Å². The maximum Gasteiger partial charge on any atom is 0.407 e. The summed E-state index contributed by atoms with van der Waals surface area (Å²) in [7, 11) is 0. The first-order valence-electron chi connectivity index (χ1n) is 7.07. The first-order chi connectivity index (χ1) is 8.35. The lowest BCUT2D eigenvalue weighted by Crippen LogP contribution is -2.45. The molecule has 2 aliphatic rings. The summed E-state index contributed by atoms with van der Waals surface area (Å²) in [6, 6.07) is 0.0767. The van der Waals surface area contributed by atoms with Gasteiger partial charge in [-0.1, -0.05) is 6.42 Å². The molecule has 2 aliphatic carbocycles. The molecule has 1 amide bonds. The minimum absolute atomic E-state index is 0.0767. The highest BCUT2D eigenvalue weighted by Crippen LogP contribution is 2.49. The molecule has 2 saturated carbocycles. The van der Waals surface area contributed by atoms with E-state index in [0.717, 1.165) is 11.8 Å². The summed E-state index contributed by atoms with van der Waals surface area (Å²) < 4.78 is 5.21. The van der Waals surface area contributed by atoms with Crippen molar-refractivity contribution in [2.45, 2.75) is 58.1 Å². The molecule has 2 fully saturated rings. The summed E-state index contributed by atoms with van der Waals surface area (Å²) in [6.07, 6.45) is 4.95. The summed E-state index contributed by atoms with van der Waals surface area (Å²) in [5.74, 6) is 2.29. The molecule has 4 unspecified atom stereocenters. The number of alkyl carbamates (subject to hydrolysis) is 1. The molecule has 18 heavy (non-hydrogen) atoms. The van der Waals surface area contributed by atoms with Crippen LogP contribution < -0.4 is 11.1 Å². The third kappa shape index (κ3) is 3.37. The van der Waals surface area contributed by atoms with Crippen LogP contribution in [-0.4, -0.2) is 24.3 Å². The highest BCUT2D eigenvalue weighted by molar-refractivity contribution is 5.67. The molecular weight excluding hydrogens is 228 g/mol. The number of hydrogen-bond donors (Lipinski definition) is 2. The highest BCUT2D eigenvalue weighted by Gasteiger charge is 2.42. The number of rotatable bonds is 3. The molecule has 4 atom stereocenters. The van der Waals surface area contributed by atoms with Crippen molar-refractivity contribution in [3.8, 4) is 0 Å². The Hall–Kier alpha value is -0.770. The number of carbonyl (C=O) groups excluding carboxylic acids is 1. The topological polar surface area (TPSA) is 64.3 Å². The normalized spacial score (nSPS) is 32.3. The predicted octanol–water partition coefficient (Wildman–Crippen LogP) is 2.27. The molecule has 0 spiro atoms. The lowest BCUT2D eigenvalue weighted by molar-refractivity contribution is 0.0518. The zero-order chi connectivity index (χ0) is 13.3. The van der Waals surface area contributed by atoms with Gasteiger partial charge < -0.3 is 15.8 Å². The van der Waals surface area contributed by atoms with Crippen LogP contribution in [0, 0.1) is 17.8 Å². The van der Waals surface area contributed by atoms with Crippen molar-refractivity contribution in [2.24, 2.45) is 23.5 Å². The molecule has 4 heteroatoms. The van der Waals surface area contributed by atoms with Crippen LogP contribution in [0.4, 0.5) is 4.79 Å². The zero-order valence-electron chi connectivity index (χ0n) is 11.7. The number of hydrogen-bond acceptors (Lipinski definition) is 3. The van der Waals surface area contributed by atoms with Gasteiger partial charge in [-0.3, -0.25) is 0 Å². The lowest BCUT2D eigenvalue weighted by atomic mass is 9.83. The number of nitrogens with one attached hydrogen (secondary N) is 1. The van der Waals surface area contributed by atoms with Crippen molar-refractivity contribution in [3.05, 3.63) is 0 Å². The van der Waals surface area contributed by atoms with Gasteiger partial charge in [0.15, 0.2) is 0 Å². The second-order valence-corrected chi connectivity index (χ2v) is 6.89. The highest BCUT2D eigenvalue weighted by atomic mass is 16.6. The molecule has 104 valence electrons.